The van der Waals surface area contributed by atoms with Crippen molar-refractivity contribution in [2.45, 2.75) is 44.4 Å². The van der Waals surface area contributed by atoms with Crippen molar-refractivity contribution in [3.8, 4) is 0 Å². The minimum absolute atomic E-state index is 0.0172. The number of likely N-dealkylation sites (tertiary alicyclic amines) is 1. The third-order valence-electron chi connectivity index (χ3n) is 4.86. The second-order valence-electron chi connectivity index (χ2n) is 6.47. The van der Waals surface area contributed by atoms with Crippen LogP contribution in [-0.2, 0) is 19.1 Å². The topological polar surface area (TPSA) is 67.9 Å². The summed E-state index contributed by atoms with van der Waals surface area (Å²) in [4.78, 5) is 27.3. The van der Waals surface area contributed by atoms with Gasteiger partial charge in [-0.2, -0.15) is 0 Å². The van der Waals surface area contributed by atoms with Crippen LogP contribution in [0.4, 0.5) is 0 Å². The van der Waals surface area contributed by atoms with Crippen LogP contribution in [0.15, 0.2) is 30.3 Å². The number of nitrogens with one attached hydrogen (secondary N) is 1. The fraction of sp³-hybridized carbons (Fsp3) is 0.579. The molecule has 0 aliphatic carbocycles. The standard InChI is InChI=1S/C19H26N2O4/c1-2-25-17(14-6-4-3-5-7-14)18(22)20-16-8-11-21(19(16)23)15-9-12-24-13-10-15/h3-7,15-17H,2,8-13H2,1H3,(H,20,22). The van der Waals surface area contributed by atoms with Crippen LogP contribution in [0.25, 0.3) is 0 Å². The van der Waals surface area contributed by atoms with Crippen LogP contribution in [0.5, 0.6) is 0 Å². The molecule has 0 spiro atoms. The number of benzene rings is 1. The Kier molecular flexibility index (Phi) is 6.04. The van der Waals surface area contributed by atoms with Gasteiger partial charge in [0.2, 0.25) is 5.91 Å². The molecule has 2 fully saturated rings. The van der Waals surface area contributed by atoms with Gasteiger partial charge < -0.3 is 19.7 Å². The molecular formula is C19H26N2O4. The maximum atomic E-state index is 12.7. The van der Waals surface area contributed by atoms with Gasteiger partial charge in [0.15, 0.2) is 6.10 Å². The van der Waals surface area contributed by atoms with Gasteiger partial charge in [0.05, 0.1) is 0 Å². The zero-order chi connectivity index (χ0) is 17.6. The molecule has 6 nitrogen and oxygen atoms in total. The highest BCUT2D eigenvalue weighted by Crippen LogP contribution is 2.23. The number of nitrogens with zero attached hydrogens (tertiary/aromatic N) is 1. The van der Waals surface area contributed by atoms with E-state index in [2.05, 4.69) is 5.32 Å². The van der Waals surface area contributed by atoms with Crippen LogP contribution in [0.2, 0.25) is 0 Å². The summed E-state index contributed by atoms with van der Waals surface area (Å²) in [6.45, 7) is 4.38. The molecule has 2 heterocycles. The number of hydrogen-bond acceptors (Lipinski definition) is 4. The molecule has 1 N–H and O–H groups in total. The van der Waals surface area contributed by atoms with E-state index in [1.54, 1.807) is 0 Å². The number of hydrogen-bond donors (Lipinski definition) is 1. The molecule has 0 bridgehead atoms. The second-order valence-corrected chi connectivity index (χ2v) is 6.47. The molecular weight excluding hydrogens is 320 g/mol. The summed E-state index contributed by atoms with van der Waals surface area (Å²) in [6.07, 6.45) is 1.71. The van der Waals surface area contributed by atoms with Gasteiger partial charge in [0.1, 0.15) is 6.04 Å². The van der Waals surface area contributed by atoms with Crippen molar-refractivity contribution in [1.82, 2.24) is 10.2 Å². The van der Waals surface area contributed by atoms with E-state index in [1.165, 1.54) is 0 Å². The molecule has 3 rings (SSSR count). The minimum atomic E-state index is -0.684. The van der Waals surface area contributed by atoms with Crippen LogP contribution >= 0.6 is 0 Å². The molecule has 2 atom stereocenters. The van der Waals surface area contributed by atoms with Crippen LogP contribution in [-0.4, -0.2) is 55.2 Å². The lowest BCUT2D eigenvalue weighted by Gasteiger charge is -2.31. The highest BCUT2D eigenvalue weighted by Gasteiger charge is 2.38. The van der Waals surface area contributed by atoms with Crippen molar-refractivity contribution in [2.24, 2.45) is 0 Å². The first kappa shape index (κ1) is 17.9. The molecule has 2 amide bonds. The van der Waals surface area contributed by atoms with Gasteiger partial charge in [-0.25, -0.2) is 0 Å². The van der Waals surface area contributed by atoms with E-state index in [0.717, 1.165) is 18.4 Å². The Bertz CT molecular complexity index is 586. The van der Waals surface area contributed by atoms with E-state index in [4.69, 9.17) is 9.47 Å². The van der Waals surface area contributed by atoms with Crippen molar-refractivity contribution in [1.29, 1.82) is 0 Å². The first-order valence-electron chi connectivity index (χ1n) is 9.06. The molecule has 0 radical (unpaired) electrons. The summed E-state index contributed by atoms with van der Waals surface area (Å²) >= 11 is 0. The third-order valence-corrected chi connectivity index (χ3v) is 4.86. The summed E-state index contributed by atoms with van der Waals surface area (Å²) in [7, 11) is 0. The Morgan fingerprint density at radius 1 is 1.28 bits per heavy atom. The summed E-state index contributed by atoms with van der Waals surface area (Å²) < 4.78 is 11.0. The fourth-order valence-corrected chi connectivity index (χ4v) is 3.56. The van der Waals surface area contributed by atoms with Gasteiger partial charge in [-0.3, -0.25) is 9.59 Å². The average molecular weight is 346 g/mol. The summed E-state index contributed by atoms with van der Waals surface area (Å²) in [5, 5.41) is 2.89. The van der Waals surface area contributed by atoms with Gasteiger partial charge >= 0.3 is 0 Å². The molecule has 25 heavy (non-hydrogen) atoms. The highest BCUT2D eigenvalue weighted by atomic mass is 16.5. The highest BCUT2D eigenvalue weighted by molar-refractivity contribution is 5.91. The van der Waals surface area contributed by atoms with E-state index >= 15 is 0 Å². The molecule has 0 aromatic heterocycles. The normalized spacial score (nSPS) is 22.8. The van der Waals surface area contributed by atoms with Crippen molar-refractivity contribution in [3.63, 3.8) is 0 Å². The van der Waals surface area contributed by atoms with E-state index in [9.17, 15) is 9.59 Å². The predicted molar refractivity (Wildman–Crippen MR) is 92.9 cm³/mol. The molecule has 1 aromatic carbocycles. The largest absolute Gasteiger partial charge is 0.381 e. The fourth-order valence-electron chi connectivity index (χ4n) is 3.56. The molecule has 136 valence electrons. The molecule has 2 unspecified atom stereocenters. The first-order valence-corrected chi connectivity index (χ1v) is 9.06. The smallest absolute Gasteiger partial charge is 0.254 e. The first-order chi connectivity index (χ1) is 12.2. The van der Waals surface area contributed by atoms with Crippen LogP contribution < -0.4 is 5.32 Å². The number of carbonyl (C=O) groups excluding carboxylic acids is 2. The quantitative estimate of drug-likeness (QED) is 0.851. The van der Waals surface area contributed by atoms with Gasteiger partial charge in [-0.05, 0) is 31.7 Å². The van der Waals surface area contributed by atoms with E-state index < -0.39 is 12.1 Å². The van der Waals surface area contributed by atoms with Gasteiger partial charge in [-0.15, -0.1) is 0 Å². The number of rotatable bonds is 6. The summed E-state index contributed by atoms with van der Waals surface area (Å²) in [5.74, 6) is -0.233. The Hall–Kier alpha value is -1.92. The molecule has 2 aliphatic rings. The van der Waals surface area contributed by atoms with Crippen molar-refractivity contribution >= 4 is 11.8 Å². The maximum Gasteiger partial charge on any atom is 0.254 e. The Morgan fingerprint density at radius 2 is 2.00 bits per heavy atom. The molecule has 0 saturated carbocycles. The lowest BCUT2D eigenvalue weighted by molar-refractivity contribution is -0.139. The van der Waals surface area contributed by atoms with Gasteiger partial charge in [0.25, 0.3) is 5.91 Å². The Morgan fingerprint density at radius 3 is 2.68 bits per heavy atom. The van der Waals surface area contributed by atoms with Gasteiger partial charge in [-0.1, -0.05) is 30.3 Å². The van der Waals surface area contributed by atoms with Crippen LogP contribution in [0.3, 0.4) is 0 Å². The summed E-state index contributed by atoms with van der Waals surface area (Å²) in [5.41, 5.74) is 0.800. The Labute approximate surface area is 148 Å². The van der Waals surface area contributed by atoms with Crippen LogP contribution in [0, 0.1) is 0 Å². The minimum Gasteiger partial charge on any atom is -0.381 e. The average Bonchev–Trinajstić information content (AvgIpc) is 3.01. The van der Waals surface area contributed by atoms with Crippen molar-refractivity contribution in [2.75, 3.05) is 26.4 Å². The monoisotopic (exact) mass is 346 g/mol. The molecule has 6 heteroatoms. The molecule has 2 aliphatic heterocycles. The van der Waals surface area contributed by atoms with E-state index in [-0.39, 0.29) is 17.9 Å². The van der Waals surface area contributed by atoms with E-state index in [1.807, 2.05) is 42.2 Å². The predicted octanol–water partition coefficient (Wildman–Crippen LogP) is 1.66. The van der Waals surface area contributed by atoms with Crippen molar-refractivity contribution in [3.05, 3.63) is 35.9 Å². The lowest BCUT2D eigenvalue weighted by atomic mass is 10.1. The zero-order valence-electron chi connectivity index (χ0n) is 14.6. The SMILES string of the molecule is CCOC(C(=O)NC1CCN(C2CCOCC2)C1=O)c1ccccc1. The number of ether oxygens (including phenoxy) is 2. The molecule has 1 aromatic rings. The number of amides is 2. The Balaban J connectivity index is 1.62. The van der Waals surface area contributed by atoms with Gasteiger partial charge in [0, 0.05) is 32.4 Å². The molecule has 2 saturated heterocycles. The zero-order valence-corrected chi connectivity index (χ0v) is 14.6. The lowest BCUT2D eigenvalue weighted by Crippen LogP contribution is -2.47. The van der Waals surface area contributed by atoms with E-state index in [0.29, 0.717) is 32.8 Å². The maximum absolute atomic E-state index is 12.7. The summed E-state index contributed by atoms with van der Waals surface area (Å²) in [6, 6.07) is 9.17. The van der Waals surface area contributed by atoms with Crippen molar-refractivity contribution < 1.29 is 19.1 Å². The second kappa shape index (κ2) is 8.45. The van der Waals surface area contributed by atoms with Crippen LogP contribution in [0.1, 0.15) is 37.9 Å². The third kappa shape index (κ3) is 4.19. The number of carbonyl (C=O) groups is 2.